The van der Waals surface area contributed by atoms with Gasteiger partial charge in [0.05, 0.1) is 13.2 Å². The number of benzene rings is 1. The van der Waals surface area contributed by atoms with Gasteiger partial charge in [0.1, 0.15) is 12.3 Å². The van der Waals surface area contributed by atoms with E-state index in [1.54, 1.807) is 24.3 Å². The summed E-state index contributed by atoms with van der Waals surface area (Å²) in [4.78, 5) is 14.0. The van der Waals surface area contributed by atoms with Crippen LogP contribution in [0.3, 0.4) is 0 Å². The average molecular weight is 288 g/mol. The maximum absolute atomic E-state index is 12.5. The quantitative estimate of drug-likeness (QED) is 0.841. The Balaban J connectivity index is 2.16. The molecular formula is C16H20N2O3. The number of carbonyl (C=O) groups excluding carboxylic acids is 1. The maximum atomic E-state index is 12.5. The van der Waals surface area contributed by atoms with Crippen molar-refractivity contribution in [2.24, 2.45) is 0 Å². The fourth-order valence-corrected chi connectivity index (χ4v) is 2.79. The number of amides is 1. The zero-order valence-electron chi connectivity index (χ0n) is 12.2. The molecule has 1 unspecified atom stereocenters. The number of aliphatic hydroxyl groups is 1. The van der Waals surface area contributed by atoms with Crippen LogP contribution in [0, 0.1) is 11.3 Å². The second kappa shape index (κ2) is 7.09. The molecule has 0 saturated heterocycles. The number of carbonyl (C=O) groups is 1. The standard InChI is InChI=1S/C16H20N2O3/c1-21-14-8-4-5-12(11-14)15(19)16(20)18(10-9-17)13-6-2-3-7-13/h4-5,8,11,13,15,19H,2-3,6-7,10H2,1H3. The van der Waals surface area contributed by atoms with Crippen molar-refractivity contribution >= 4 is 5.91 Å². The van der Waals surface area contributed by atoms with Crippen LogP contribution in [0.5, 0.6) is 5.75 Å². The lowest BCUT2D eigenvalue weighted by molar-refractivity contribution is -0.142. The van der Waals surface area contributed by atoms with Gasteiger partial charge in [0.2, 0.25) is 0 Å². The third-order valence-corrected chi connectivity index (χ3v) is 3.93. The van der Waals surface area contributed by atoms with E-state index in [9.17, 15) is 9.90 Å². The number of hydrogen-bond acceptors (Lipinski definition) is 4. The van der Waals surface area contributed by atoms with E-state index >= 15 is 0 Å². The van der Waals surface area contributed by atoms with Crippen LogP contribution in [0.1, 0.15) is 37.4 Å². The number of hydrogen-bond donors (Lipinski definition) is 1. The summed E-state index contributed by atoms with van der Waals surface area (Å²) in [5.74, 6) is 0.184. The van der Waals surface area contributed by atoms with Gasteiger partial charge in [0.15, 0.2) is 6.10 Å². The van der Waals surface area contributed by atoms with Gasteiger partial charge in [-0.3, -0.25) is 4.79 Å². The first-order chi connectivity index (χ1) is 10.2. The molecule has 1 aliphatic rings. The number of ether oxygens (including phenoxy) is 1. The summed E-state index contributed by atoms with van der Waals surface area (Å²) in [6, 6.07) is 8.90. The molecular weight excluding hydrogens is 268 g/mol. The summed E-state index contributed by atoms with van der Waals surface area (Å²) in [5.41, 5.74) is 0.486. The molecule has 0 aromatic heterocycles. The smallest absolute Gasteiger partial charge is 0.257 e. The minimum Gasteiger partial charge on any atom is -0.497 e. The molecule has 5 heteroatoms. The zero-order valence-corrected chi connectivity index (χ0v) is 12.2. The van der Waals surface area contributed by atoms with Crippen molar-refractivity contribution in [3.8, 4) is 11.8 Å². The molecule has 0 spiro atoms. The summed E-state index contributed by atoms with van der Waals surface area (Å²) in [5, 5.41) is 19.2. The fraction of sp³-hybridized carbons (Fsp3) is 0.500. The summed E-state index contributed by atoms with van der Waals surface area (Å²) >= 11 is 0. The predicted octanol–water partition coefficient (Wildman–Crippen LogP) is 2.02. The Hall–Kier alpha value is -2.06. The number of nitriles is 1. The van der Waals surface area contributed by atoms with Crippen molar-refractivity contribution in [3.05, 3.63) is 29.8 Å². The zero-order chi connectivity index (χ0) is 15.2. The van der Waals surface area contributed by atoms with Gasteiger partial charge in [-0.15, -0.1) is 0 Å². The molecule has 2 rings (SSSR count). The van der Waals surface area contributed by atoms with Gasteiger partial charge in [-0.25, -0.2) is 0 Å². The first-order valence-corrected chi connectivity index (χ1v) is 7.17. The van der Waals surface area contributed by atoms with E-state index < -0.39 is 12.0 Å². The van der Waals surface area contributed by atoms with Gasteiger partial charge in [-0.05, 0) is 30.5 Å². The molecule has 1 aliphatic carbocycles. The fourth-order valence-electron chi connectivity index (χ4n) is 2.79. The highest BCUT2D eigenvalue weighted by molar-refractivity contribution is 5.82. The number of aliphatic hydroxyl groups excluding tert-OH is 1. The highest BCUT2D eigenvalue weighted by atomic mass is 16.5. The molecule has 1 saturated carbocycles. The Morgan fingerprint density at radius 3 is 2.86 bits per heavy atom. The molecule has 1 aromatic carbocycles. The minimum atomic E-state index is -1.26. The van der Waals surface area contributed by atoms with Crippen LogP contribution in [-0.2, 0) is 4.79 Å². The van der Waals surface area contributed by atoms with Crippen LogP contribution in [-0.4, -0.2) is 35.6 Å². The largest absolute Gasteiger partial charge is 0.497 e. The van der Waals surface area contributed by atoms with Crippen molar-refractivity contribution in [2.75, 3.05) is 13.7 Å². The predicted molar refractivity (Wildman–Crippen MR) is 77.5 cm³/mol. The Kier molecular flexibility index (Phi) is 5.18. The lowest BCUT2D eigenvalue weighted by Crippen LogP contribution is -2.42. The van der Waals surface area contributed by atoms with E-state index in [0.29, 0.717) is 11.3 Å². The van der Waals surface area contributed by atoms with Crippen LogP contribution in [0.15, 0.2) is 24.3 Å². The molecule has 1 aromatic rings. The van der Waals surface area contributed by atoms with Crippen LogP contribution >= 0.6 is 0 Å². The van der Waals surface area contributed by atoms with Crippen LogP contribution in [0.4, 0.5) is 0 Å². The van der Waals surface area contributed by atoms with Crippen LogP contribution in [0.2, 0.25) is 0 Å². The molecule has 1 atom stereocenters. The number of nitrogens with zero attached hydrogens (tertiary/aromatic N) is 2. The van der Waals surface area contributed by atoms with Gasteiger partial charge in [0.25, 0.3) is 5.91 Å². The van der Waals surface area contributed by atoms with E-state index in [0.717, 1.165) is 25.7 Å². The van der Waals surface area contributed by atoms with Gasteiger partial charge >= 0.3 is 0 Å². The van der Waals surface area contributed by atoms with E-state index in [-0.39, 0.29) is 12.6 Å². The summed E-state index contributed by atoms with van der Waals surface area (Å²) in [6.45, 7) is 0.0184. The number of rotatable bonds is 5. The highest BCUT2D eigenvalue weighted by Gasteiger charge is 2.31. The van der Waals surface area contributed by atoms with Crippen LogP contribution < -0.4 is 4.74 Å². The van der Waals surface area contributed by atoms with E-state index in [2.05, 4.69) is 0 Å². The number of methoxy groups -OCH3 is 1. The summed E-state index contributed by atoms with van der Waals surface area (Å²) in [6.07, 6.45) is 2.68. The van der Waals surface area contributed by atoms with E-state index in [1.807, 2.05) is 6.07 Å². The van der Waals surface area contributed by atoms with Crippen molar-refractivity contribution in [3.63, 3.8) is 0 Å². The molecule has 1 fully saturated rings. The first kappa shape index (κ1) is 15.3. The van der Waals surface area contributed by atoms with Crippen molar-refractivity contribution in [2.45, 2.75) is 37.8 Å². The van der Waals surface area contributed by atoms with Gasteiger partial charge in [-0.2, -0.15) is 5.26 Å². The van der Waals surface area contributed by atoms with Crippen molar-refractivity contribution < 1.29 is 14.6 Å². The lowest BCUT2D eigenvalue weighted by atomic mass is 10.1. The molecule has 0 bridgehead atoms. The lowest BCUT2D eigenvalue weighted by Gasteiger charge is -2.28. The first-order valence-electron chi connectivity index (χ1n) is 7.17. The molecule has 1 N–H and O–H groups in total. The molecule has 0 heterocycles. The molecule has 0 aliphatic heterocycles. The SMILES string of the molecule is COc1cccc(C(O)C(=O)N(CC#N)C2CCCC2)c1. The van der Waals surface area contributed by atoms with Gasteiger partial charge < -0.3 is 14.7 Å². The molecule has 1 amide bonds. The maximum Gasteiger partial charge on any atom is 0.257 e. The minimum absolute atomic E-state index is 0.0184. The summed E-state index contributed by atoms with van der Waals surface area (Å²) < 4.78 is 5.10. The molecule has 21 heavy (non-hydrogen) atoms. The molecule has 0 radical (unpaired) electrons. The van der Waals surface area contributed by atoms with E-state index in [1.165, 1.54) is 12.0 Å². The average Bonchev–Trinajstić information content (AvgIpc) is 3.05. The normalized spacial score (nSPS) is 16.2. The molecule has 112 valence electrons. The summed E-state index contributed by atoms with van der Waals surface area (Å²) in [7, 11) is 1.54. The topological polar surface area (TPSA) is 73.6 Å². The van der Waals surface area contributed by atoms with E-state index in [4.69, 9.17) is 10.00 Å². The third kappa shape index (κ3) is 3.53. The Morgan fingerprint density at radius 1 is 1.52 bits per heavy atom. The van der Waals surface area contributed by atoms with Gasteiger partial charge in [-0.1, -0.05) is 25.0 Å². The molecule has 5 nitrogen and oxygen atoms in total. The Labute approximate surface area is 124 Å². The van der Waals surface area contributed by atoms with Crippen LogP contribution in [0.25, 0.3) is 0 Å². The Morgan fingerprint density at radius 2 is 2.24 bits per heavy atom. The Bertz CT molecular complexity index is 533. The second-order valence-corrected chi connectivity index (χ2v) is 5.24. The monoisotopic (exact) mass is 288 g/mol. The third-order valence-electron chi connectivity index (χ3n) is 3.93. The highest BCUT2D eigenvalue weighted by Crippen LogP contribution is 2.27. The van der Waals surface area contributed by atoms with Crippen molar-refractivity contribution in [1.82, 2.24) is 4.90 Å². The van der Waals surface area contributed by atoms with Crippen molar-refractivity contribution in [1.29, 1.82) is 5.26 Å². The second-order valence-electron chi connectivity index (χ2n) is 5.24. The van der Waals surface area contributed by atoms with Gasteiger partial charge in [0, 0.05) is 6.04 Å².